The van der Waals surface area contributed by atoms with Crippen molar-refractivity contribution in [3.8, 4) is 0 Å². The fraction of sp³-hybridized carbons (Fsp3) is 0. The third kappa shape index (κ3) is 1.08. The Morgan fingerprint density at radius 2 is 2.19 bits per heavy atom. The van der Waals surface area contributed by atoms with E-state index in [1.807, 2.05) is 10.5 Å². The molecule has 0 bridgehead atoms. The van der Waals surface area contributed by atoms with Gasteiger partial charge in [0.05, 0.1) is 40.8 Å². The van der Waals surface area contributed by atoms with E-state index < -0.39 is 5.91 Å². The molecule has 0 aliphatic carbocycles. The molecule has 2 heterocycles. The predicted molar refractivity (Wildman–Crippen MR) is 59.0 cm³/mol. The van der Waals surface area contributed by atoms with Crippen molar-refractivity contribution in [3.63, 3.8) is 0 Å². The fourth-order valence-corrected chi connectivity index (χ4v) is 1.79. The Morgan fingerprint density at radius 1 is 1.31 bits per heavy atom. The predicted octanol–water partition coefficient (Wildman–Crippen LogP) is 0.981. The van der Waals surface area contributed by atoms with Gasteiger partial charge in [0, 0.05) is 0 Å². The van der Waals surface area contributed by atoms with Crippen LogP contribution in [0.5, 0.6) is 0 Å². The summed E-state index contributed by atoms with van der Waals surface area (Å²) >= 11 is 0. The zero-order valence-corrected chi connectivity index (χ0v) is 8.29. The topological polar surface area (TPSA) is 73.3 Å². The Hall–Kier alpha value is -2.43. The van der Waals surface area contributed by atoms with Crippen LogP contribution in [-0.4, -0.2) is 20.3 Å². The molecule has 3 rings (SSSR count). The molecule has 2 aromatic heterocycles. The molecule has 0 aliphatic heterocycles. The average molecular weight is 212 g/mol. The number of hydrogen-bond acceptors (Lipinski definition) is 3. The molecular weight excluding hydrogens is 204 g/mol. The Labute approximate surface area is 90.5 Å². The zero-order chi connectivity index (χ0) is 11.1. The number of primary amides is 1. The number of para-hydroxylation sites is 1. The molecular formula is C11H8N4O. The van der Waals surface area contributed by atoms with Crippen LogP contribution in [0.3, 0.4) is 0 Å². The van der Waals surface area contributed by atoms with Crippen molar-refractivity contribution in [1.82, 2.24) is 14.4 Å². The van der Waals surface area contributed by atoms with Crippen LogP contribution in [0.25, 0.3) is 16.6 Å². The van der Waals surface area contributed by atoms with Gasteiger partial charge >= 0.3 is 0 Å². The smallest absolute Gasteiger partial charge is 0.250 e. The van der Waals surface area contributed by atoms with Gasteiger partial charge in [-0.15, -0.1) is 0 Å². The van der Waals surface area contributed by atoms with E-state index in [9.17, 15) is 4.79 Å². The molecule has 0 saturated heterocycles. The third-order valence-corrected chi connectivity index (χ3v) is 2.53. The van der Waals surface area contributed by atoms with Crippen molar-refractivity contribution in [2.24, 2.45) is 5.73 Å². The van der Waals surface area contributed by atoms with Crippen LogP contribution >= 0.6 is 0 Å². The summed E-state index contributed by atoms with van der Waals surface area (Å²) in [5, 5.41) is 0. The maximum absolute atomic E-state index is 11.2. The van der Waals surface area contributed by atoms with E-state index >= 15 is 0 Å². The molecule has 3 aromatic rings. The van der Waals surface area contributed by atoms with Crippen LogP contribution in [0.2, 0.25) is 0 Å². The average Bonchev–Trinajstić information content (AvgIpc) is 2.76. The van der Waals surface area contributed by atoms with Crippen molar-refractivity contribution in [1.29, 1.82) is 0 Å². The van der Waals surface area contributed by atoms with Gasteiger partial charge in [-0.05, 0) is 12.1 Å². The molecule has 5 heteroatoms. The van der Waals surface area contributed by atoms with Gasteiger partial charge < -0.3 is 5.73 Å². The second kappa shape index (κ2) is 3.03. The number of imidazole rings is 1. The number of carbonyl (C=O) groups is 1. The SMILES string of the molecule is NC(=O)c1cccc2c1ncc1cncn12. The normalized spacial score (nSPS) is 11.0. The van der Waals surface area contributed by atoms with Gasteiger partial charge in [-0.3, -0.25) is 14.2 Å². The number of nitrogens with zero attached hydrogens (tertiary/aromatic N) is 3. The van der Waals surface area contributed by atoms with Crippen LogP contribution < -0.4 is 5.73 Å². The summed E-state index contributed by atoms with van der Waals surface area (Å²) < 4.78 is 1.87. The van der Waals surface area contributed by atoms with Crippen LogP contribution in [0.15, 0.2) is 36.9 Å². The molecule has 0 radical (unpaired) electrons. The largest absolute Gasteiger partial charge is 0.366 e. The number of aromatic nitrogens is 3. The van der Waals surface area contributed by atoms with E-state index in [1.165, 1.54) is 0 Å². The molecule has 1 aromatic carbocycles. The Balaban J connectivity index is 2.53. The first-order valence-corrected chi connectivity index (χ1v) is 4.77. The molecule has 0 atom stereocenters. The number of nitrogens with two attached hydrogens (primary N) is 1. The highest BCUT2D eigenvalue weighted by molar-refractivity contribution is 6.04. The lowest BCUT2D eigenvalue weighted by Crippen LogP contribution is -2.12. The minimum absolute atomic E-state index is 0.424. The highest BCUT2D eigenvalue weighted by Gasteiger charge is 2.09. The highest BCUT2D eigenvalue weighted by Crippen LogP contribution is 2.17. The van der Waals surface area contributed by atoms with Crippen molar-refractivity contribution in [2.75, 3.05) is 0 Å². The fourth-order valence-electron chi connectivity index (χ4n) is 1.79. The minimum atomic E-state index is -0.474. The summed E-state index contributed by atoms with van der Waals surface area (Å²) in [6.45, 7) is 0. The highest BCUT2D eigenvalue weighted by atomic mass is 16.1. The number of carbonyl (C=O) groups excluding carboxylic acids is 1. The van der Waals surface area contributed by atoms with Gasteiger partial charge in [0.15, 0.2) is 0 Å². The molecule has 0 fully saturated rings. The summed E-state index contributed by atoms with van der Waals surface area (Å²) in [7, 11) is 0. The summed E-state index contributed by atoms with van der Waals surface area (Å²) in [4.78, 5) is 19.5. The second-order valence-electron chi connectivity index (χ2n) is 3.48. The molecule has 16 heavy (non-hydrogen) atoms. The van der Waals surface area contributed by atoms with Crippen molar-refractivity contribution in [3.05, 3.63) is 42.5 Å². The summed E-state index contributed by atoms with van der Waals surface area (Å²) in [6.07, 6.45) is 5.06. The third-order valence-electron chi connectivity index (χ3n) is 2.53. The summed E-state index contributed by atoms with van der Waals surface area (Å²) in [6, 6.07) is 5.33. The lowest BCUT2D eigenvalue weighted by molar-refractivity contribution is 0.100. The van der Waals surface area contributed by atoms with Gasteiger partial charge in [-0.1, -0.05) is 6.07 Å². The first kappa shape index (κ1) is 8.84. The minimum Gasteiger partial charge on any atom is -0.366 e. The molecule has 1 amide bonds. The molecule has 0 saturated carbocycles. The van der Waals surface area contributed by atoms with E-state index in [4.69, 9.17) is 5.73 Å². The van der Waals surface area contributed by atoms with E-state index in [0.717, 1.165) is 11.0 Å². The van der Waals surface area contributed by atoms with Crippen LogP contribution in [0, 0.1) is 0 Å². The van der Waals surface area contributed by atoms with Crippen LogP contribution in [-0.2, 0) is 0 Å². The van der Waals surface area contributed by atoms with Crippen LogP contribution in [0.1, 0.15) is 10.4 Å². The lowest BCUT2D eigenvalue weighted by atomic mass is 10.1. The van der Waals surface area contributed by atoms with Crippen molar-refractivity contribution in [2.45, 2.75) is 0 Å². The Kier molecular flexibility index (Phi) is 1.67. The maximum atomic E-state index is 11.2. The molecule has 2 N–H and O–H groups in total. The summed E-state index contributed by atoms with van der Waals surface area (Å²) in [5.74, 6) is -0.474. The van der Waals surface area contributed by atoms with Crippen molar-refractivity contribution >= 4 is 22.5 Å². The molecule has 5 nitrogen and oxygen atoms in total. The van der Waals surface area contributed by atoms with Gasteiger partial charge in [0.2, 0.25) is 0 Å². The number of benzene rings is 1. The quantitative estimate of drug-likeness (QED) is 0.653. The summed E-state index contributed by atoms with van der Waals surface area (Å²) in [5.41, 5.74) is 8.03. The van der Waals surface area contributed by atoms with E-state index in [2.05, 4.69) is 9.97 Å². The molecule has 0 aliphatic rings. The van der Waals surface area contributed by atoms with E-state index in [1.54, 1.807) is 30.9 Å². The first-order valence-electron chi connectivity index (χ1n) is 4.77. The second-order valence-corrected chi connectivity index (χ2v) is 3.48. The van der Waals surface area contributed by atoms with E-state index in [-0.39, 0.29) is 0 Å². The number of fused-ring (bicyclic) bond motifs is 3. The maximum Gasteiger partial charge on any atom is 0.250 e. The first-order chi connectivity index (χ1) is 7.77. The monoisotopic (exact) mass is 212 g/mol. The lowest BCUT2D eigenvalue weighted by Gasteiger charge is -2.04. The number of hydrogen-bond donors (Lipinski definition) is 1. The van der Waals surface area contributed by atoms with Gasteiger partial charge in [-0.25, -0.2) is 4.98 Å². The zero-order valence-electron chi connectivity index (χ0n) is 8.29. The number of amides is 1. The molecule has 0 spiro atoms. The van der Waals surface area contributed by atoms with Crippen molar-refractivity contribution < 1.29 is 4.79 Å². The molecule has 78 valence electrons. The number of rotatable bonds is 1. The van der Waals surface area contributed by atoms with Gasteiger partial charge in [0.1, 0.15) is 0 Å². The Morgan fingerprint density at radius 3 is 3.00 bits per heavy atom. The Bertz CT molecular complexity index is 701. The van der Waals surface area contributed by atoms with Gasteiger partial charge in [-0.2, -0.15) is 0 Å². The van der Waals surface area contributed by atoms with Gasteiger partial charge in [0.25, 0.3) is 5.91 Å². The standard InChI is InChI=1S/C11H8N4O/c12-11(16)8-2-1-3-9-10(8)14-5-7-4-13-6-15(7)9/h1-6H,(H2,12,16). The van der Waals surface area contributed by atoms with Crippen LogP contribution in [0.4, 0.5) is 0 Å². The van der Waals surface area contributed by atoms with E-state index in [0.29, 0.717) is 11.1 Å². The molecule has 0 unspecified atom stereocenters.